The van der Waals surface area contributed by atoms with E-state index in [0.717, 1.165) is 24.6 Å². The molecule has 1 heterocycles. The van der Waals surface area contributed by atoms with Gasteiger partial charge in [-0.1, -0.05) is 23.4 Å². The second-order valence-electron chi connectivity index (χ2n) is 5.16. The lowest BCUT2D eigenvalue weighted by Crippen LogP contribution is -2.14. The highest BCUT2D eigenvalue weighted by molar-refractivity contribution is 7.99. The van der Waals surface area contributed by atoms with Gasteiger partial charge in [0.25, 0.3) is 0 Å². The predicted molar refractivity (Wildman–Crippen MR) is 75.9 cm³/mol. The van der Waals surface area contributed by atoms with Gasteiger partial charge in [-0.15, -0.1) is 0 Å². The van der Waals surface area contributed by atoms with Gasteiger partial charge in [0.05, 0.1) is 21.8 Å². The highest BCUT2D eigenvalue weighted by Crippen LogP contribution is 2.47. The second-order valence-corrected chi connectivity index (χ2v) is 6.51. The van der Waals surface area contributed by atoms with Gasteiger partial charge in [0.1, 0.15) is 5.82 Å². The molecule has 1 aromatic heterocycles. The maximum atomic E-state index is 13.7. The first-order valence-corrected chi connectivity index (χ1v) is 7.50. The van der Waals surface area contributed by atoms with Crippen molar-refractivity contribution in [1.29, 1.82) is 0 Å². The summed E-state index contributed by atoms with van der Waals surface area (Å²) in [7, 11) is 0. The summed E-state index contributed by atoms with van der Waals surface area (Å²) in [6.45, 7) is 2.06. The number of halogens is 2. The summed E-state index contributed by atoms with van der Waals surface area (Å²) in [5.41, 5.74) is 1.16. The summed E-state index contributed by atoms with van der Waals surface area (Å²) >= 11 is 6.93. The van der Waals surface area contributed by atoms with Crippen LogP contribution >= 0.6 is 23.4 Å². The van der Waals surface area contributed by atoms with Crippen molar-refractivity contribution in [2.24, 2.45) is 0 Å². The Labute approximate surface area is 123 Å². The van der Waals surface area contributed by atoms with Gasteiger partial charge < -0.3 is 9.67 Å². The number of fused-ring (bicyclic) bond motifs is 1. The minimum atomic E-state index is -0.904. The van der Waals surface area contributed by atoms with Crippen LogP contribution in [0.2, 0.25) is 5.02 Å². The standard InChI is InChI=1S/C13H12ClFN2O2S/c1-13(2-3-13)17-10-5-8(15)7(14)4-9(10)16-12(17)20-6-11(18)19/h4-5H,2-3,6H2,1H3,(H,18,19). The highest BCUT2D eigenvalue weighted by Gasteiger charge is 2.42. The Morgan fingerprint density at radius 2 is 2.30 bits per heavy atom. The SMILES string of the molecule is CC1(n2c(SCC(=O)O)nc3cc(Cl)c(F)cc32)CC1. The molecule has 1 saturated carbocycles. The van der Waals surface area contributed by atoms with Crippen molar-refractivity contribution in [3.8, 4) is 0 Å². The van der Waals surface area contributed by atoms with Crippen LogP contribution in [0.1, 0.15) is 19.8 Å². The highest BCUT2D eigenvalue weighted by atomic mass is 35.5. The number of hydrogen-bond donors (Lipinski definition) is 1. The van der Waals surface area contributed by atoms with Gasteiger partial charge in [-0.2, -0.15) is 0 Å². The molecule has 1 aromatic carbocycles. The molecule has 1 N–H and O–H groups in total. The molecule has 1 aliphatic rings. The van der Waals surface area contributed by atoms with E-state index in [-0.39, 0.29) is 16.3 Å². The van der Waals surface area contributed by atoms with Gasteiger partial charge in [-0.3, -0.25) is 4.79 Å². The van der Waals surface area contributed by atoms with E-state index < -0.39 is 11.8 Å². The number of rotatable bonds is 4. The average Bonchev–Trinajstić information content (AvgIpc) is 3.00. The summed E-state index contributed by atoms with van der Waals surface area (Å²) < 4.78 is 15.6. The van der Waals surface area contributed by atoms with Crippen molar-refractivity contribution in [2.75, 3.05) is 5.75 Å². The number of carboxylic acid groups (broad SMARTS) is 1. The zero-order valence-electron chi connectivity index (χ0n) is 10.7. The van der Waals surface area contributed by atoms with Crippen LogP contribution in [0.25, 0.3) is 11.0 Å². The van der Waals surface area contributed by atoms with Gasteiger partial charge >= 0.3 is 5.97 Å². The largest absolute Gasteiger partial charge is 0.481 e. The van der Waals surface area contributed by atoms with E-state index in [2.05, 4.69) is 11.9 Å². The molecule has 1 aliphatic carbocycles. The maximum Gasteiger partial charge on any atom is 0.313 e. The molecule has 0 spiro atoms. The first kappa shape index (κ1) is 13.7. The fraction of sp³-hybridized carbons (Fsp3) is 0.385. The predicted octanol–water partition coefficient (Wildman–Crippen LogP) is 3.51. The number of benzene rings is 1. The quantitative estimate of drug-likeness (QED) is 0.877. The smallest absolute Gasteiger partial charge is 0.313 e. The molecular weight excluding hydrogens is 303 g/mol. The zero-order chi connectivity index (χ0) is 14.5. The van der Waals surface area contributed by atoms with Crippen LogP contribution in [0, 0.1) is 5.82 Å². The Kier molecular flexibility index (Phi) is 3.17. The van der Waals surface area contributed by atoms with Gasteiger partial charge in [0, 0.05) is 11.6 Å². The normalized spacial score (nSPS) is 16.6. The molecule has 0 unspecified atom stereocenters. The van der Waals surface area contributed by atoms with Crippen LogP contribution in [0.3, 0.4) is 0 Å². The molecule has 0 saturated heterocycles. The first-order chi connectivity index (χ1) is 9.40. The molecule has 1 fully saturated rings. The Hall–Kier alpha value is -1.27. The number of carboxylic acids is 1. The van der Waals surface area contributed by atoms with E-state index in [4.69, 9.17) is 16.7 Å². The Bertz CT molecular complexity index is 712. The van der Waals surface area contributed by atoms with E-state index >= 15 is 0 Å². The fourth-order valence-corrected chi connectivity index (χ4v) is 3.22. The monoisotopic (exact) mass is 314 g/mol. The summed E-state index contributed by atoms with van der Waals surface area (Å²) in [6, 6.07) is 2.86. The molecular formula is C13H12ClFN2O2S. The molecule has 2 aromatic rings. The minimum Gasteiger partial charge on any atom is -0.481 e. The van der Waals surface area contributed by atoms with E-state index in [1.54, 1.807) is 0 Å². The number of aromatic nitrogens is 2. The van der Waals surface area contributed by atoms with E-state index in [0.29, 0.717) is 16.2 Å². The molecule has 106 valence electrons. The van der Waals surface area contributed by atoms with Crippen molar-refractivity contribution in [3.63, 3.8) is 0 Å². The van der Waals surface area contributed by atoms with Crippen molar-refractivity contribution >= 4 is 40.4 Å². The van der Waals surface area contributed by atoms with Gasteiger partial charge in [0.15, 0.2) is 5.16 Å². The van der Waals surface area contributed by atoms with Crippen molar-refractivity contribution < 1.29 is 14.3 Å². The summed E-state index contributed by atoms with van der Waals surface area (Å²) in [5, 5.41) is 9.44. The Balaban J connectivity index is 2.15. The molecule has 3 rings (SSSR count). The third kappa shape index (κ3) is 2.27. The number of aliphatic carboxylic acids is 1. The molecule has 0 radical (unpaired) electrons. The number of nitrogens with zero attached hydrogens (tertiary/aromatic N) is 2. The van der Waals surface area contributed by atoms with Crippen LogP contribution in [0.15, 0.2) is 17.3 Å². The summed E-state index contributed by atoms with van der Waals surface area (Å²) in [5.74, 6) is -1.46. The number of carbonyl (C=O) groups is 1. The summed E-state index contributed by atoms with van der Waals surface area (Å²) in [6.07, 6.45) is 1.95. The van der Waals surface area contributed by atoms with Gasteiger partial charge in [-0.05, 0) is 25.8 Å². The lowest BCUT2D eigenvalue weighted by atomic mass is 10.2. The average molecular weight is 315 g/mol. The van der Waals surface area contributed by atoms with Gasteiger partial charge in [0.2, 0.25) is 0 Å². The zero-order valence-corrected chi connectivity index (χ0v) is 12.3. The number of hydrogen-bond acceptors (Lipinski definition) is 3. The topological polar surface area (TPSA) is 55.1 Å². The lowest BCUT2D eigenvalue weighted by Gasteiger charge is -2.15. The third-order valence-corrected chi connectivity index (χ3v) is 4.72. The van der Waals surface area contributed by atoms with Gasteiger partial charge in [-0.25, -0.2) is 9.37 Å². The van der Waals surface area contributed by atoms with Crippen LogP contribution < -0.4 is 0 Å². The minimum absolute atomic E-state index is 0.0258. The number of imidazole rings is 1. The molecule has 0 atom stereocenters. The molecule has 7 heteroatoms. The van der Waals surface area contributed by atoms with E-state index in [9.17, 15) is 9.18 Å². The van der Waals surface area contributed by atoms with Crippen molar-refractivity contribution in [1.82, 2.24) is 9.55 Å². The second kappa shape index (κ2) is 4.63. The van der Waals surface area contributed by atoms with Crippen LogP contribution in [0.5, 0.6) is 0 Å². The van der Waals surface area contributed by atoms with Crippen LogP contribution in [-0.2, 0) is 10.3 Å². The Morgan fingerprint density at radius 3 is 2.90 bits per heavy atom. The third-order valence-electron chi connectivity index (χ3n) is 3.50. The molecule has 0 bridgehead atoms. The maximum absolute atomic E-state index is 13.7. The molecule has 20 heavy (non-hydrogen) atoms. The van der Waals surface area contributed by atoms with Crippen molar-refractivity contribution in [3.05, 3.63) is 23.0 Å². The summed E-state index contributed by atoms with van der Waals surface area (Å²) in [4.78, 5) is 15.1. The first-order valence-electron chi connectivity index (χ1n) is 6.13. The van der Waals surface area contributed by atoms with Crippen LogP contribution in [-0.4, -0.2) is 26.4 Å². The van der Waals surface area contributed by atoms with Crippen molar-refractivity contribution in [2.45, 2.75) is 30.5 Å². The van der Waals surface area contributed by atoms with Crippen LogP contribution in [0.4, 0.5) is 4.39 Å². The number of thioether (sulfide) groups is 1. The molecule has 0 amide bonds. The van der Waals surface area contributed by atoms with E-state index in [1.165, 1.54) is 12.1 Å². The molecule has 0 aliphatic heterocycles. The Morgan fingerprint density at radius 1 is 1.60 bits per heavy atom. The van der Waals surface area contributed by atoms with E-state index in [1.807, 2.05) is 4.57 Å². The fourth-order valence-electron chi connectivity index (χ4n) is 2.20. The lowest BCUT2D eigenvalue weighted by molar-refractivity contribution is -0.133. The molecule has 4 nitrogen and oxygen atoms in total.